The van der Waals surface area contributed by atoms with Crippen LogP contribution < -0.4 is 4.74 Å². The predicted octanol–water partition coefficient (Wildman–Crippen LogP) is 0.285. The molecule has 0 aromatic carbocycles. The van der Waals surface area contributed by atoms with Gasteiger partial charge in [-0.25, -0.2) is 18.4 Å². The standard InChI is InChI=1S/C15H18N4O4S/c1-24(21,22)10-15(20)18-7-12-6-16-11-19(12)13(8-18)9-23-14-4-2-3-5-17-14/h2-6,11,13H,7-10H2,1H3. The van der Waals surface area contributed by atoms with Crippen LogP contribution >= 0.6 is 0 Å². The fourth-order valence-corrected chi connectivity index (χ4v) is 3.27. The number of rotatable bonds is 5. The van der Waals surface area contributed by atoms with Gasteiger partial charge in [0, 0.05) is 31.3 Å². The molecule has 1 amide bonds. The van der Waals surface area contributed by atoms with Crippen molar-refractivity contribution in [3.63, 3.8) is 0 Å². The van der Waals surface area contributed by atoms with Gasteiger partial charge in [-0.2, -0.15) is 0 Å². The first kappa shape index (κ1) is 16.4. The Bertz CT molecular complexity index is 819. The number of hydrogen-bond donors (Lipinski definition) is 0. The highest BCUT2D eigenvalue weighted by atomic mass is 32.2. The van der Waals surface area contributed by atoms with Crippen LogP contribution in [0.3, 0.4) is 0 Å². The fraction of sp³-hybridized carbons (Fsp3) is 0.400. The minimum Gasteiger partial charge on any atom is -0.475 e. The number of amides is 1. The molecule has 0 radical (unpaired) electrons. The molecule has 0 saturated carbocycles. The van der Waals surface area contributed by atoms with Crippen molar-refractivity contribution in [1.29, 1.82) is 0 Å². The molecule has 1 atom stereocenters. The summed E-state index contributed by atoms with van der Waals surface area (Å²) in [7, 11) is -3.36. The molecule has 1 unspecified atom stereocenters. The van der Waals surface area contributed by atoms with E-state index in [2.05, 4.69) is 9.97 Å². The van der Waals surface area contributed by atoms with Crippen LogP contribution in [0.1, 0.15) is 11.7 Å². The molecule has 2 aromatic rings. The molecule has 0 saturated heterocycles. The molecule has 1 aliphatic rings. The topological polar surface area (TPSA) is 94.4 Å². The van der Waals surface area contributed by atoms with Crippen LogP contribution in [-0.2, 0) is 21.2 Å². The zero-order valence-corrected chi connectivity index (χ0v) is 14.0. The Hall–Kier alpha value is -2.42. The average molecular weight is 350 g/mol. The highest BCUT2D eigenvalue weighted by molar-refractivity contribution is 7.91. The minimum absolute atomic E-state index is 0.151. The van der Waals surface area contributed by atoms with E-state index < -0.39 is 21.5 Å². The van der Waals surface area contributed by atoms with Crippen molar-refractivity contribution in [2.45, 2.75) is 12.6 Å². The van der Waals surface area contributed by atoms with E-state index >= 15 is 0 Å². The molecule has 3 heterocycles. The second kappa shape index (κ2) is 6.60. The first-order valence-corrected chi connectivity index (χ1v) is 9.48. The maximum Gasteiger partial charge on any atom is 0.238 e. The molecular formula is C15H18N4O4S. The number of sulfone groups is 1. The van der Waals surface area contributed by atoms with Gasteiger partial charge in [0.2, 0.25) is 11.8 Å². The minimum atomic E-state index is -3.36. The molecule has 0 spiro atoms. The van der Waals surface area contributed by atoms with Crippen LogP contribution in [0.25, 0.3) is 0 Å². The Labute approximate surface area is 140 Å². The van der Waals surface area contributed by atoms with Crippen molar-refractivity contribution in [1.82, 2.24) is 19.4 Å². The summed E-state index contributed by atoms with van der Waals surface area (Å²) in [6.45, 7) is 1.02. The van der Waals surface area contributed by atoms with Gasteiger partial charge in [0.05, 0.1) is 24.6 Å². The van der Waals surface area contributed by atoms with E-state index in [1.54, 1.807) is 30.9 Å². The molecule has 0 bridgehead atoms. The van der Waals surface area contributed by atoms with Crippen molar-refractivity contribution in [2.24, 2.45) is 0 Å². The molecule has 1 aliphatic heterocycles. The maximum atomic E-state index is 12.2. The number of fused-ring (bicyclic) bond motifs is 1. The summed E-state index contributed by atoms with van der Waals surface area (Å²) in [6.07, 6.45) is 6.06. The maximum absolute atomic E-state index is 12.2. The van der Waals surface area contributed by atoms with E-state index in [9.17, 15) is 13.2 Å². The third-order valence-electron chi connectivity index (χ3n) is 3.72. The first-order valence-electron chi connectivity index (χ1n) is 7.42. The van der Waals surface area contributed by atoms with Gasteiger partial charge in [0.15, 0.2) is 9.84 Å². The third kappa shape index (κ3) is 3.91. The molecule has 0 fully saturated rings. The van der Waals surface area contributed by atoms with E-state index in [1.807, 2.05) is 10.6 Å². The molecule has 8 nitrogen and oxygen atoms in total. The Morgan fingerprint density at radius 1 is 1.42 bits per heavy atom. The van der Waals surface area contributed by atoms with Crippen LogP contribution in [0, 0.1) is 0 Å². The molecule has 0 aliphatic carbocycles. The normalized spacial score (nSPS) is 17.4. The van der Waals surface area contributed by atoms with Gasteiger partial charge in [-0.15, -0.1) is 0 Å². The SMILES string of the molecule is CS(=O)(=O)CC(=O)N1Cc2cncn2C(COc2ccccn2)C1. The number of aromatic nitrogens is 3. The van der Waals surface area contributed by atoms with Gasteiger partial charge in [0.1, 0.15) is 12.4 Å². The van der Waals surface area contributed by atoms with Crippen molar-refractivity contribution in [3.05, 3.63) is 42.6 Å². The second-order valence-electron chi connectivity index (χ2n) is 5.77. The number of imidazole rings is 1. The lowest BCUT2D eigenvalue weighted by Gasteiger charge is -2.34. The van der Waals surface area contributed by atoms with Gasteiger partial charge in [0.25, 0.3) is 0 Å². The smallest absolute Gasteiger partial charge is 0.238 e. The van der Waals surface area contributed by atoms with Crippen molar-refractivity contribution in [3.8, 4) is 5.88 Å². The lowest BCUT2D eigenvalue weighted by atomic mass is 10.2. The second-order valence-corrected chi connectivity index (χ2v) is 7.91. The van der Waals surface area contributed by atoms with Crippen LogP contribution in [-0.4, -0.2) is 58.9 Å². The lowest BCUT2D eigenvalue weighted by molar-refractivity contribution is -0.130. The molecule has 3 rings (SSSR count). The van der Waals surface area contributed by atoms with Crippen LogP contribution in [0.4, 0.5) is 0 Å². The number of nitrogens with zero attached hydrogens (tertiary/aromatic N) is 4. The van der Waals surface area contributed by atoms with Gasteiger partial charge in [-0.05, 0) is 6.07 Å². The summed E-state index contributed by atoms with van der Waals surface area (Å²) in [5, 5.41) is 0. The van der Waals surface area contributed by atoms with Crippen LogP contribution in [0.15, 0.2) is 36.9 Å². The molecule has 9 heteroatoms. The van der Waals surface area contributed by atoms with Crippen molar-refractivity contribution < 1.29 is 17.9 Å². The highest BCUT2D eigenvalue weighted by Crippen LogP contribution is 2.22. The van der Waals surface area contributed by atoms with Gasteiger partial charge in [-0.1, -0.05) is 6.07 Å². The predicted molar refractivity (Wildman–Crippen MR) is 86.1 cm³/mol. The molecule has 2 aromatic heterocycles. The number of ether oxygens (including phenoxy) is 1. The monoisotopic (exact) mass is 350 g/mol. The number of carbonyl (C=O) groups excluding carboxylic acids is 1. The first-order chi connectivity index (χ1) is 11.4. The van der Waals surface area contributed by atoms with Gasteiger partial charge < -0.3 is 14.2 Å². The van der Waals surface area contributed by atoms with E-state index in [-0.39, 0.29) is 6.04 Å². The summed E-state index contributed by atoms with van der Waals surface area (Å²) in [6, 6.07) is 5.23. The highest BCUT2D eigenvalue weighted by Gasteiger charge is 2.29. The molecule has 128 valence electrons. The Balaban J connectivity index is 1.73. The Morgan fingerprint density at radius 3 is 2.96 bits per heavy atom. The zero-order valence-electron chi connectivity index (χ0n) is 13.2. The molecule has 24 heavy (non-hydrogen) atoms. The van der Waals surface area contributed by atoms with Crippen molar-refractivity contribution >= 4 is 15.7 Å². The van der Waals surface area contributed by atoms with Gasteiger partial charge in [-0.3, -0.25) is 4.79 Å². The summed E-state index contributed by atoms with van der Waals surface area (Å²) >= 11 is 0. The molecular weight excluding hydrogens is 332 g/mol. The quantitative estimate of drug-likeness (QED) is 0.769. The fourth-order valence-electron chi connectivity index (χ4n) is 2.64. The number of pyridine rings is 1. The average Bonchev–Trinajstić information content (AvgIpc) is 3.00. The summed E-state index contributed by atoms with van der Waals surface area (Å²) in [5.41, 5.74) is 0.845. The van der Waals surface area contributed by atoms with E-state index in [0.29, 0.717) is 25.6 Å². The van der Waals surface area contributed by atoms with Crippen LogP contribution in [0.2, 0.25) is 0 Å². The number of hydrogen-bond acceptors (Lipinski definition) is 6. The lowest BCUT2D eigenvalue weighted by Crippen LogP contribution is -2.44. The summed E-state index contributed by atoms with van der Waals surface area (Å²) < 4.78 is 30.4. The number of carbonyl (C=O) groups is 1. The summed E-state index contributed by atoms with van der Waals surface area (Å²) in [4.78, 5) is 22.0. The van der Waals surface area contributed by atoms with Crippen molar-refractivity contribution in [2.75, 3.05) is 25.2 Å². The van der Waals surface area contributed by atoms with E-state index in [1.165, 1.54) is 4.90 Å². The van der Waals surface area contributed by atoms with E-state index in [4.69, 9.17) is 4.74 Å². The Morgan fingerprint density at radius 2 is 2.25 bits per heavy atom. The third-order valence-corrected chi connectivity index (χ3v) is 4.49. The molecule has 0 N–H and O–H groups in total. The summed E-state index contributed by atoms with van der Waals surface area (Å²) in [5.74, 6) is -0.402. The largest absolute Gasteiger partial charge is 0.475 e. The zero-order chi connectivity index (χ0) is 17.2. The van der Waals surface area contributed by atoms with Gasteiger partial charge >= 0.3 is 0 Å². The van der Waals surface area contributed by atoms with E-state index in [0.717, 1.165) is 11.9 Å². The van der Waals surface area contributed by atoms with Crippen LogP contribution in [0.5, 0.6) is 5.88 Å². The Kier molecular flexibility index (Phi) is 4.52.